The number of nitrogens with zero attached hydrogens (tertiary/aromatic N) is 2. The van der Waals surface area contributed by atoms with E-state index in [1.54, 1.807) is 7.11 Å². The van der Waals surface area contributed by atoms with Crippen LogP contribution in [-0.4, -0.2) is 42.6 Å². The number of methoxy groups -OCH3 is 1. The maximum absolute atomic E-state index is 5.78. The molecule has 2 aliphatic rings. The lowest BCUT2D eigenvalue weighted by atomic mass is 9.89. The summed E-state index contributed by atoms with van der Waals surface area (Å²) in [6, 6.07) is 0.472. The molecule has 6 heteroatoms. The fraction of sp³-hybridized carbons (Fsp3) is 0.818. The fourth-order valence-electron chi connectivity index (χ4n) is 2.63. The molecular formula is C11H17N3O3. The van der Waals surface area contributed by atoms with Crippen LogP contribution < -0.4 is 5.32 Å². The third-order valence-electron chi connectivity index (χ3n) is 3.46. The zero-order chi connectivity index (χ0) is 11.7. The minimum Gasteiger partial charge on any atom is -0.383 e. The number of hydrogen-bond acceptors (Lipinski definition) is 6. The summed E-state index contributed by atoms with van der Waals surface area (Å²) in [7, 11) is 1.66. The molecule has 3 unspecified atom stereocenters. The molecule has 2 bridgehead atoms. The Morgan fingerprint density at radius 2 is 2.41 bits per heavy atom. The quantitative estimate of drug-likeness (QED) is 0.778. The molecule has 0 radical (unpaired) electrons. The minimum absolute atomic E-state index is 0.296. The predicted octanol–water partition coefficient (Wildman–Crippen LogP) is 1.16. The van der Waals surface area contributed by atoms with Crippen LogP contribution in [0.4, 0.5) is 6.01 Å². The van der Waals surface area contributed by atoms with Crippen LogP contribution in [0.5, 0.6) is 0 Å². The molecule has 17 heavy (non-hydrogen) atoms. The van der Waals surface area contributed by atoms with Crippen LogP contribution in [0.3, 0.4) is 0 Å². The van der Waals surface area contributed by atoms with Gasteiger partial charge in [0.05, 0.1) is 24.7 Å². The number of anilines is 1. The van der Waals surface area contributed by atoms with Gasteiger partial charge < -0.3 is 19.3 Å². The molecule has 2 aliphatic heterocycles. The van der Waals surface area contributed by atoms with E-state index in [0.29, 0.717) is 37.3 Å². The summed E-state index contributed by atoms with van der Waals surface area (Å²) in [6.07, 6.45) is 4.04. The second-order valence-corrected chi connectivity index (χ2v) is 4.59. The molecule has 3 rings (SSSR count). The fourth-order valence-corrected chi connectivity index (χ4v) is 2.63. The third-order valence-corrected chi connectivity index (χ3v) is 3.46. The number of hydrogen-bond donors (Lipinski definition) is 1. The molecule has 94 valence electrons. The Kier molecular flexibility index (Phi) is 2.98. The lowest BCUT2D eigenvalue weighted by Crippen LogP contribution is -2.15. The third kappa shape index (κ3) is 2.14. The first-order chi connectivity index (χ1) is 8.36. The Bertz CT molecular complexity index is 382. The van der Waals surface area contributed by atoms with E-state index in [4.69, 9.17) is 14.0 Å². The maximum atomic E-state index is 5.78. The van der Waals surface area contributed by atoms with E-state index in [0.717, 1.165) is 18.7 Å². The summed E-state index contributed by atoms with van der Waals surface area (Å²) in [4.78, 5) is 4.36. The van der Waals surface area contributed by atoms with Gasteiger partial charge in [-0.2, -0.15) is 4.98 Å². The van der Waals surface area contributed by atoms with Crippen molar-refractivity contribution in [2.75, 3.05) is 25.6 Å². The largest absolute Gasteiger partial charge is 0.383 e. The van der Waals surface area contributed by atoms with Gasteiger partial charge in [-0.1, -0.05) is 5.16 Å². The highest BCUT2D eigenvalue weighted by molar-refractivity contribution is 5.20. The summed E-state index contributed by atoms with van der Waals surface area (Å²) in [6.45, 7) is 1.29. The van der Waals surface area contributed by atoms with E-state index >= 15 is 0 Å². The maximum Gasteiger partial charge on any atom is 0.321 e. The monoisotopic (exact) mass is 239 g/mol. The van der Waals surface area contributed by atoms with Crippen molar-refractivity contribution in [3.63, 3.8) is 0 Å². The number of nitrogens with one attached hydrogen (secondary N) is 1. The van der Waals surface area contributed by atoms with Gasteiger partial charge in [0.1, 0.15) is 0 Å². The number of aromatic nitrogens is 2. The Labute approximate surface area is 99.7 Å². The number of rotatable bonds is 5. The SMILES string of the molecule is COCCNc1nc(C2CC3CCC2O3)no1. The van der Waals surface area contributed by atoms with Gasteiger partial charge in [0, 0.05) is 13.7 Å². The molecule has 2 saturated heterocycles. The zero-order valence-corrected chi connectivity index (χ0v) is 9.89. The van der Waals surface area contributed by atoms with E-state index < -0.39 is 0 Å². The van der Waals surface area contributed by atoms with Gasteiger partial charge in [-0.05, 0) is 19.3 Å². The topological polar surface area (TPSA) is 69.4 Å². The Morgan fingerprint density at radius 3 is 3.12 bits per heavy atom. The summed E-state index contributed by atoms with van der Waals surface area (Å²) < 4.78 is 15.9. The van der Waals surface area contributed by atoms with Crippen molar-refractivity contribution in [3.8, 4) is 0 Å². The lowest BCUT2D eigenvalue weighted by molar-refractivity contribution is 0.0996. The average molecular weight is 239 g/mol. The van der Waals surface area contributed by atoms with Gasteiger partial charge in [0.2, 0.25) is 0 Å². The molecule has 0 spiro atoms. The van der Waals surface area contributed by atoms with Gasteiger partial charge in [-0.15, -0.1) is 0 Å². The summed E-state index contributed by atoms with van der Waals surface area (Å²) in [5.41, 5.74) is 0. The van der Waals surface area contributed by atoms with Crippen LogP contribution in [0.25, 0.3) is 0 Å². The molecule has 0 aromatic carbocycles. The lowest BCUT2D eigenvalue weighted by Gasteiger charge is -2.13. The molecule has 1 aromatic heterocycles. The van der Waals surface area contributed by atoms with E-state index in [1.165, 1.54) is 6.42 Å². The van der Waals surface area contributed by atoms with E-state index in [2.05, 4.69) is 15.5 Å². The molecule has 3 atom stereocenters. The van der Waals surface area contributed by atoms with E-state index in [-0.39, 0.29) is 0 Å². The van der Waals surface area contributed by atoms with Crippen molar-refractivity contribution in [2.24, 2.45) is 0 Å². The summed E-state index contributed by atoms with van der Waals surface area (Å²) >= 11 is 0. The predicted molar refractivity (Wildman–Crippen MR) is 59.9 cm³/mol. The highest BCUT2D eigenvalue weighted by atomic mass is 16.5. The van der Waals surface area contributed by atoms with Crippen molar-refractivity contribution in [3.05, 3.63) is 5.82 Å². The molecule has 1 aromatic rings. The molecule has 0 aliphatic carbocycles. The Balaban J connectivity index is 1.60. The molecule has 0 saturated carbocycles. The first-order valence-corrected chi connectivity index (χ1v) is 6.08. The Hall–Kier alpha value is -1.14. The van der Waals surface area contributed by atoms with Crippen LogP contribution in [0.15, 0.2) is 4.52 Å². The number of ether oxygens (including phenoxy) is 2. The zero-order valence-electron chi connectivity index (χ0n) is 9.89. The second-order valence-electron chi connectivity index (χ2n) is 4.59. The molecule has 1 N–H and O–H groups in total. The van der Waals surface area contributed by atoms with Crippen LogP contribution in [-0.2, 0) is 9.47 Å². The van der Waals surface area contributed by atoms with Gasteiger partial charge in [0.15, 0.2) is 5.82 Å². The van der Waals surface area contributed by atoms with Crippen molar-refractivity contribution in [2.45, 2.75) is 37.4 Å². The average Bonchev–Trinajstić information content (AvgIpc) is 3.04. The van der Waals surface area contributed by atoms with Crippen LogP contribution >= 0.6 is 0 Å². The normalized spacial score (nSPS) is 31.0. The molecule has 3 heterocycles. The number of fused-ring (bicyclic) bond motifs is 2. The van der Waals surface area contributed by atoms with Crippen molar-refractivity contribution in [1.82, 2.24) is 10.1 Å². The molecule has 0 amide bonds. The molecule has 2 fully saturated rings. The Morgan fingerprint density at radius 1 is 1.47 bits per heavy atom. The smallest absolute Gasteiger partial charge is 0.321 e. The van der Waals surface area contributed by atoms with Crippen molar-refractivity contribution < 1.29 is 14.0 Å². The van der Waals surface area contributed by atoms with Crippen molar-refractivity contribution in [1.29, 1.82) is 0 Å². The van der Waals surface area contributed by atoms with Gasteiger partial charge in [-0.25, -0.2) is 0 Å². The van der Waals surface area contributed by atoms with Crippen LogP contribution in [0.1, 0.15) is 31.0 Å². The standard InChI is InChI=1S/C11H17N3O3/c1-15-5-4-12-11-13-10(14-17-11)8-6-7-2-3-9(8)16-7/h7-9H,2-6H2,1H3,(H,12,13,14). The molecular weight excluding hydrogens is 222 g/mol. The van der Waals surface area contributed by atoms with E-state index in [1.807, 2.05) is 0 Å². The first-order valence-electron chi connectivity index (χ1n) is 6.08. The van der Waals surface area contributed by atoms with Gasteiger partial charge in [-0.3, -0.25) is 0 Å². The van der Waals surface area contributed by atoms with Crippen LogP contribution in [0.2, 0.25) is 0 Å². The highest BCUT2D eigenvalue weighted by Crippen LogP contribution is 2.43. The molecule has 6 nitrogen and oxygen atoms in total. The minimum atomic E-state index is 0.296. The van der Waals surface area contributed by atoms with Gasteiger partial charge >= 0.3 is 6.01 Å². The highest BCUT2D eigenvalue weighted by Gasteiger charge is 2.43. The summed E-state index contributed by atoms with van der Waals surface area (Å²) in [5.74, 6) is 1.09. The first kappa shape index (κ1) is 11.0. The second kappa shape index (κ2) is 4.62. The van der Waals surface area contributed by atoms with Crippen molar-refractivity contribution >= 4 is 6.01 Å². The van der Waals surface area contributed by atoms with E-state index in [9.17, 15) is 0 Å². The summed E-state index contributed by atoms with van der Waals surface area (Å²) in [5, 5.41) is 7.05. The van der Waals surface area contributed by atoms with Crippen LogP contribution in [0, 0.1) is 0 Å². The van der Waals surface area contributed by atoms with Gasteiger partial charge in [0.25, 0.3) is 0 Å².